The van der Waals surface area contributed by atoms with Gasteiger partial charge in [-0.1, -0.05) is 19.1 Å². The lowest BCUT2D eigenvalue weighted by atomic mass is 9.98. The van der Waals surface area contributed by atoms with E-state index in [4.69, 9.17) is 4.74 Å². The Labute approximate surface area is 126 Å². The van der Waals surface area contributed by atoms with Gasteiger partial charge in [0, 0.05) is 31.6 Å². The highest BCUT2D eigenvalue weighted by molar-refractivity contribution is 5.41. The minimum Gasteiger partial charge on any atom is -0.493 e. The zero-order valence-electron chi connectivity index (χ0n) is 13.0. The lowest BCUT2D eigenvalue weighted by molar-refractivity contribution is 0.356. The third-order valence-electron chi connectivity index (χ3n) is 4.08. The minimum atomic E-state index is 0.315. The van der Waals surface area contributed by atoms with Crippen molar-refractivity contribution in [2.75, 3.05) is 13.2 Å². The van der Waals surface area contributed by atoms with E-state index < -0.39 is 0 Å². The van der Waals surface area contributed by atoms with Crippen LogP contribution in [0.25, 0.3) is 0 Å². The van der Waals surface area contributed by atoms with Crippen molar-refractivity contribution in [1.82, 2.24) is 15.1 Å². The summed E-state index contributed by atoms with van der Waals surface area (Å²) in [6, 6.07) is 9.06. The number of fused-ring (bicyclic) bond motifs is 1. The van der Waals surface area contributed by atoms with Crippen LogP contribution in [0.1, 0.15) is 35.5 Å². The molecule has 0 aliphatic carbocycles. The van der Waals surface area contributed by atoms with Crippen LogP contribution in [0.2, 0.25) is 0 Å². The van der Waals surface area contributed by atoms with Crippen LogP contribution in [0.5, 0.6) is 5.75 Å². The Hall–Kier alpha value is -1.81. The van der Waals surface area contributed by atoms with Crippen LogP contribution in [0.15, 0.2) is 24.3 Å². The molecule has 0 saturated carbocycles. The van der Waals surface area contributed by atoms with E-state index in [-0.39, 0.29) is 0 Å². The molecule has 3 rings (SSSR count). The zero-order valence-corrected chi connectivity index (χ0v) is 13.0. The Morgan fingerprint density at radius 1 is 1.38 bits per heavy atom. The minimum absolute atomic E-state index is 0.315. The van der Waals surface area contributed by atoms with Crippen LogP contribution in [0, 0.1) is 6.92 Å². The van der Waals surface area contributed by atoms with Crippen molar-refractivity contribution in [2.45, 2.75) is 32.7 Å². The summed E-state index contributed by atoms with van der Waals surface area (Å²) in [7, 11) is 2.02. The average Bonchev–Trinajstić information content (AvgIpc) is 3.04. The predicted octanol–water partition coefficient (Wildman–Crippen LogP) is 2.56. The van der Waals surface area contributed by atoms with Crippen LogP contribution in [-0.4, -0.2) is 22.9 Å². The van der Waals surface area contributed by atoms with Crippen molar-refractivity contribution < 1.29 is 4.74 Å². The Balaban J connectivity index is 1.85. The first-order valence-corrected chi connectivity index (χ1v) is 7.66. The first-order valence-electron chi connectivity index (χ1n) is 7.66. The smallest absolute Gasteiger partial charge is 0.122 e. The number of nitrogens with zero attached hydrogens (tertiary/aromatic N) is 2. The van der Waals surface area contributed by atoms with E-state index in [0.29, 0.717) is 6.04 Å². The second-order valence-electron chi connectivity index (χ2n) is 5.68. The van der Waals surface area contributed by atoms with Crippen molar-refractivity contribution in [3.63, 3.8) is 0 Å². The molecule has 0 bridgehead atoms. The normalized spacial score (nSPS) is 14.8. The molecule has 0 radical (unpaired) electrons. The van der Waals surface area contributed by atoms with E-state index in [1.807, 2.05) is 18.7 Å². The third-order valence-corrected chi connectivity index (χ3v) is 4.08. The van der Waals surface area contributed by atoms with Gasteiger partial charge in [-0.2, -0.15) is 5.10 Å². The molecule has 1 atom stereocenters. The molecule has 4 heteroatoms. The summed E-state index contributed by atoms with van der Waals surface area (Å²) in [6.07, 6.45) is 1.97. The number of hydrogen-bond donors (Lipinski definition) is 1. The second kappa shape index (κ2) is 5.90. The van der Waals surface area contributed by atoms with Gasteiger partial charge in [0.25, 0.3) is 0 Å². The largest absolute Gasteiger partial charge is 0.493 e. The van der Waals surface area contributed by atoms with E-state index >= 15 is 0 Å². The number of aryl methyl sites for hydroxylation is 2. The number of benzene rings is 1. The van der Waals surface area contributed by atoms with Gasteiger partial charge in [-0.3, -0.25) is 4.68 Å². The quantitative estimate of drug-likeness (QED) is 0.917. The molecule has 2 heterocycles. The molecule has 21 heavy (non-hydrogen) atoms. The van der Waals surface area contributed by atoms with Crippen LogP contribution in [0.3, 0.4) is 0 Å². The van der Waals surface area contributed by atoms with Crippen LogP contribution in [-0.2, 0) is 19.9 Å². The lowest BCUT2D eigenvalue weighted by Crippen LogP contribution is -2.24. The van der Waals surface area contributed by atoms with Gasteiger partial charge in [0.1, 0.15) is 5.75 Å². The molecular weight excluding hydrogens is 262 g/mol. The molecule has 4 nitrogen and oxygen atoms in total. The molecule has 2 aromatic rings. The van der Waals surface area contributed by atoms with Crippen molar-refractivity contribution in [2.24, 2.45) is 7.05 Å². The number of nitrogens with one attached hydrogen (secondary N) is 1. The summed E-state index contributed by atoms with van der Waals surface area (Å²) in [6.45, 7) is 5.96. The number of aromatic nitrogens is 2. The van der Waals surface area contributed by atoms with Gasteiger partial charge < -0.3 is 10.1 Å². The molecule has 1 aliphatic heterocycles. The Morgan fingerprint density at radius 3 is 2.95 bits per heavy atom. The fourth-order valence-electron chi connectivity index (χ4n) is 3.04. The second-order valence-corrected chi connectivity index (χ2v) is 5.68. The van der Waals surface area contributed by atoms with Gasteiger partial charge in [-0.05, 0) is 36.7 Å². The number of likely N-dealkylation sites (N-methyl/N-ethyl adjacent to an activating group) is 1. The molecule has 1 N–H and O–H groups in total. The van der Waals surface area contributed by atoms with E-state index in [9.17, 15) is 0 Å². The molecule has 0 saturated heterocycles. The maximum Gasteiger partial charge on any atom is 0.122 e. The van der Waals surface area contributed by atoms with E-state index in [2.05, 4.69) is 41.6 Å². The molecule has 1 unspecified atom stereocenters. The van der Waals surface area contributed by atoms with Gasteiger partial charge in [0.05, 0.1) is 12.3 Å². The summed E-state index contributed by atoms with van der Waals surface area (Å²) in [4.78, 5) is 0. The Bertz CT molecular complexity index is 633. The summed E-state index contributed by atoms with van der Waals surface area (Å²) < 4.78 is 7.58. The maximum absolute atomic E-state index is 5.60. The SMILES string of the molecule is CCNC(Cc1cc(C)nn1C)c1ccc2c(c1)CCO2. The fraction of sp³-hybridized carbons (Fsp3) is 0.471. The first kappa shape index (κ1) is 14.1. The molecule has 1 aromatic carbocycles. The van der Waals surface area contributed by atoms with Gasteiger partial charge >= 0.3 is 0 Å². The summed E-state index contributed by atoms with van der Waals surface area (Å²) in [5.74, 6) is 1.05. The maximum atomic E-state index is 5.60. The van der Waals surface area contributed by atoms with Crippen molar-refractivity contribution in [3.05, 3.63) is 46.8 Å². The Kier molecular flexibility index (Phi) is 3.97. The summed E-state index contributed by atoms with van der Waals surface area (Å²) >= 11 is 0. The van der Waals surface area contributed by atoms with E-state index in [0.717, 1.165) is 37.4 Å². The fourth-order valence-corrected chi connectivity index (χ4v) is 3.04. The average molecular weight is 285 g/mol. The van der Waals surface area contributed by atoms with Gasteiger partial charge in [0.15, 0.2) is 0 Å². The van der Waals surface area contributed by atoms with E-state index in [1.165, 1.54) is 16.8 Å². The van der Waals surface area contributed by atoms with Crippen LogP contribution >= 0.6 is 0 Å². The molecule has 0 spiro atoms. The molecule has 112 valence electrons. The molecular formula is C17H23N3O. The lowest BCUT2D eigenvalue weighted by Gasteiger charge is -2.19. The first-order chi connectivity index (χ1) is 10.2. The molecule has 1 aromatic heterocycles. The van der Waals surface area contributed by atoms with Gasteiger partial charge in [-0.25, -0.2) is 0 Å². The topological polar surface area (TPSA) is 39.1 Å². The molecule has 1 aliphatic rings. The van der Waals surface area contributed by atoms with Gasteiger partial charge in [-0.15, -0.1) is 0 Å². The molecule has 0 fully saturated rings. The van der Waals surface area contributed by atoms with Crippen molar-refractivity contribution >= 4 is 0 Å². The van der Waals surface area contributed by atoms with Crippen LogP contribution < -0.4 is 10.1 Å². The summed E-state index contributed by atoms with van der Waals surface area (Å²) in [5, 5.41) is 8.04. The standard InChI is InChI=1S/C17H23N3O/c1-4-18-16(11-15-9-12(2)19-20(15)3)13-5-6-17-14(10-13)7-8-21-17/h5-6,9-10,16,18H,4,7-8,11H2,1-3H3. The predicted molar refractivity (Wildman–Crippen MR) is 83.7 cm³/mol. The highest BCUT2D eigenvalue weighted by Crippen LogP contribution is 2.29. The third kappa shape index (κ3) is 2.95. The summed E-state index contributed by atoms with van der Waals surface area (Å²) in [5.41, 5.74) is 5.00. The van der Waals surface area contributed by atoms with Crippen LogP contribution in [0.4, 0.5) is 0 Å². The molecule has 0 amide bonds. The van der Waals surface area contributed by atoms with E-state index in [1.54, 1.807) is 0 Å². The number of hydrogen-bond acceptors (Lipinski definition) is 3. The number of ether oxygens (including phenoxy) is 1. The highest BCUT2D eigenvalue weighted by atomic mass is 16.5. The highest BCUT2D eigenvalue weighted by Gasteiger charge is 2.18. The monoisotopic (exact) mass is 285 g/mol. The van der Waals surface area contributed by atoms with Gasteiger partial charge in [0.2, 0.25) is 0 Å². The zero-order chi connectivity index (χ0) is 14.8. The van der Waals surface area contributed by atoms with Crippen molar-refractivity contribution in [3.8, 4) is 5.75 Å². The number of rotatable bonds is 5. The van der Waals surface area contributed by atoms with Crippen molar-refractivity contribution in [1.29, 1.82) is 0 Å². The Morgan fingerprint density at radius 2 is 2.24 bits per heavy atom.